The Hall–Kier alpha value is -2.33. The highest BCUT2D eigenvalue weighted by Crippen LogP contribution is 2.27. The van der Waals surface area contributed by atoms with Crippen LogP contribution in [0.15, 0.2) is 30.3 Å². The summed E-state index contributed by atoms with van der Waals surface area (Å²) < 4.78 is 0. The minimum Gasteiger partial charge on any atom is -0.324 e. The normalized spacial score (nSPS) is 10.5. The Labute approximate surface area is 153 Å². The number of halogens is 1. The third-order valence-electron chi connectivity index (χ3n) is 4.15. The van der Waals surface area contributed by atoms with E-state index in [1.165, 1.54) is 11.8 Å². The number of nitrogens with one attached hydrogen (secondary N) is 1. The largest absolute Gasteiger partial charge is 0.324 e. The van der Waals surface area contributed by atoms with E-state index in [-0.39, 0.29) is 18.4 Å². The van der Waals surface area contributed by atoms with Crippen LogP contribution in [0.25, 0.3) is 0 Å². The van der Waals surface area contributed by atoms with Crippen LogP contribution in [0.3, 0.4) is 0 Å². The van der Waals surface area contributed by atoms with Crippen LogP contribution in [0.1, 0.15) is 29.2 Å². The molecule has 0 aliphatic carbocycles. The standard InChI is InChI=1S/C20H23ClN2O2/c1-12-9-13(2)20(14(3)10-12)22-19(25)11-23(16(5)24)18-8-6-7-17(21)15(18)4/h6-10H,11H2,1-5H3,(H,22,25). The van der Waals surface area contributed by atoms with Crippen molar-refractivity contribution in [2.75, 3.05) is 16.8 Å². The van der Waals surface area contributed by atoms with Gasteiger partial charge in [0.1, 0.15) is 6.54 Å². The number of nitrogens with zero attached hydrogens (tertiary/aromatic N) is 1. The molecule has 2 amide bonds. The molecule has 0 heterocycles. The first-order valence-electron chi connectivity index (χ1n) is 8.11. The van der Waals surface area contributed by atoms with E-state index in [9.17, 15) is 9.59 Å². The van der Waals surface area contributed by atoms with Crippen LogP contribution in [0.2, 0.25) is 5.02 Å². The second kappa shape index (κ2) is 7.70. The van der Waals surface area contributed by atoms with Crippen LogP contribution in [0.5, 0.6) is 0 Å². The lowest BCUT2D eigenvalue weighted by atomic mass is 10.1. The first-order chi connectivity index (χ1) is 11.7. The molecule has 2 rings (SSSR count). The Balaban J connectivity index is 2.25. The first kappa shape index (κ1) is 19.0. The Bertz CT molecular complexity index is 807. The molecule has 0 spiro atoms. The number of rotatable bonds is 4. The van der Waals surface area contributed by atoms with Gasteiger partial charge in [0, 0.05) is 23.3 Å². The summed E-state index contributed by atoms with van der Waals surface area (Å²) >= 11 is 6.15. The van der Waals surface area contributed by atoms with Crippen molar-refractivity contribution in [3.63, 3.8) is 0 Å². The number of carbonyl (C=O) groups excluding carboxylic acids is 2. The van der Waals surface area contributed by atoms with Gasteiger partial charge in [-0.1, -0.05) is 35.4 Å². The van der Waals surface area contributed by atoms with Gasteiger partial charge in [-0.15, -0.1) is 0 Å². The van der Waals surface area contributed by atoms with Crippen molar-refractivity contribution < 1.29 is 9.59 Å². The van der Waals surface area contributed by atoms with E-state index >= 15 is 0 Å². The predicted octanol–water partition coefficient (Wildman–Crippen LogP) is 4.57. The Morgan fingerprint density at radius 3 is 2.24 bits per heavy atom. The number of amides is 2. The number of anilines is 2. The van der Waals surface area contributed by atoms with Crippen LogP contribution in [-0.4, -0.2) is 18.4 Å². The van der Waals surface area contributed by atoms with E-state index in [0.29, 0.717) is 10.7 Å². The number of carbonyl (C=O) groups is 2. The summed E-state index contributed by atoms with van der Waals surface area (Å²) in [4.78, 5) is 26.1. The van der Waals surface area contributed by atoms with Gasteiger partial charge in [0.05, 0.1) is 0 Å². The highest BCUT2D eigenvalue weighted by molar-refractivity contribution is 6.31. The fourth-order valence-electron chi connectivity index (χ4n) is 2.95. The van der Waals surface area contributed by atoms with E-state index in [1.54, 1.807) is 18.2 Å². The third-order valence-corrected chi connectivity index (χ3v) is 4.56. The van der Waals surface area contributed by atoms with Gasteiger partial charge in [-0.3, -0.25) is 9.59 Å². The predicted molar refractivity (Wildman–Crippen MR) is 103 cm³/mol. The van der Waals surface area contributed by atoms with Gasteiger partial charge in [0.15, 0.2) is 0 Å². The molecule has 0 aromatic heterocycles. The summed E-state index contributed by atoms with van der Waals surface area (Å²) in [5.74, 6) is -0.456. The molecule has 2 aromatic carbocycles. The monoisotopic (exact) mass is 358 g/mol. The molecule has 0 aliphatic heterocycles. The van der Waals surface area contributed by atoms with Crippen molar-refractivity contribution in [3.8, 4) is 0 Å². The topological polar surface area (TPSA) is 49.4 Å². The van der Waals surface area contributed by atoms with Crippen LogP contribution < -0.4 is 10.2 Å². The van der Waals surface area contributed by atoms with Crippen molar-refractivity contribution in [1.82, 2.24) is 0 Å². The van der Waals surface area contributed by atoms with Crippen molar-refractivity contribution in [1.29, 1.82) is 0 Å². The summed E-state index contributed by atoms with van der Waals surface area (Å²) in [5, 5.41) is 3.49. The van der Waals surface area contributed by atoms with Crippen molar-refractivity contribution in [3.05, 3.63) is 57.6 Å². The van der Waals surface area contributed by atoms with E-state index in [0.717, 1.165) is 27.9 Å². The zero-order valence-electron chi connectivity index (χ0n) is 15.2. The number of hydrogen-bond donors (Lipinski definition) is 1. The second-order valence-electron chi connectivity index (χ2n) is 6.31. The molecular weight excluding hydrogens is 336 g/mol. The zero-order chi connectivity index (χ0) is 18.7. The molecule has 5 heteroatoms. The average molecular weight is 359 g/mol. The molecule has 0 saturated heterocycles. The maximum atomic E-state index is 12.5. The zero-order valence-corrected chi connectivity index (χ0v) is 16.0. The van der Waals surface area contributed by atoms with Crippen LogP contribution >= 0.6 is 11.6 Å². The average Bonchev–Trinajstić information content (AvgIpc) is 2.51. The van der Waals surface area contributed by atoms with Gasteiger partial charge in [0.25, 0.3) is 0 Å². The highest BCUT2D eigenvalue weighted by Gasteiger charge is 2.19. The van der Waals surface area contributed by atoms with E-state index in [1.807, 2.05) is 39.8 Å². The third kappa shape index (κ3) is 4.40. The van der Waals surface area contributed by atoms with E-state index < -0.39 is 0 Å². The van der Waals surface area contributed by atoms with Gasteiger partial charge in [0.2, 0.25) is 11.8 Å². The van der Waals surface area contributed by atoms with Crippen molar-refractivity contribution in [2.45, 2.75) is 34.6 Å². The fraction of sp³-hybridized carbons (Fsp3) is 0.300. The summed E-state index contributed by atoms with van der Waals surface area (Å²) in [6.07, 6.45) is 0. The van der Waals surface area contributed by atoms with Crippen LogP contribution in [0.4, 0.5) is 11.4 Å². The van der Waals surface area contributed by atoms with Gasteiger partial charge >= 0.3 is 0 Å². The number of aryl methyl sites for hydroxylation is 3. The second-order valence-corrected chi connectivity index (χ2v) is 6.72. The number of benzene rings is 2. The summed E-state index contributed by atoms with van der Waals surface area (Å²) in [5.41, 5.74) is 5.36. The van der Waals surface area contributed by atoms with E-state index in [2.05, 4.69) is 5.32 Å². The molecule has 0 unspecified atom stereocenters. The molecule has 25 heavy (non-hydrogen) atoms. The lowest BCUT2D eigenvalue weighted by Gasteiger charge is -2.23. The Morgan fingerprint density at radius 2 is 1.68 bits per heavy atom. The van der Waals surface area contributed by atoms with Crippen molar-refractivity contribution >= 4 is 34.8 Å². The van der Waals surface area contributed by atoms with Gasteiger partial charge in [-0.2, -0.15) is 0 Å². The summed E-state index contributed by atoms with van der Waals surface area (Å²) in [6, 6.07) is 9.36. The molecular formula is C20H23ClN2O2. The lowest BCUT2D eigenvalue weighted by Crippen LogP contribution is -2.37. The molecule has 4 nitrogen and oxygen atoms in total. The van der Waals surface area contributed by atoms with Crippen LogP contribution in [-0.2, 0) is 9.59 Å². The van der Waals surface area contributed by atoms with E-state index in [4.69, 9.17) is 11.6 Å². The smallest absolute Gasteiger partial charge is 0.244 e. The maximum Gasteiger partial charge on any atom is 0.244 e. The van der Waals surface area contributed by atoms with Crippen LogP contribution in [0, 0.1) is 27.7 Å². The minimum absolute atomic E-state index is 0.0662. The Morgan fingerprint density at radius 1 is 1.08 bits per heavy atom. The molecule has 0 aliphatic rings. The first-order valence-corrected chi connectivity index (χ1v) is 8.49. The van der Waals surface area contributed by atoms with Gasteiger partial charge in [-0.25, -0.2) is 0 Å². The highest BCUT2D eigenvalue weighted by atomic mass is 35.5. The maximum absolute atomic E-state index is 12.5. The van der Waals surface area contributed by atoms with Crippen molar-refractivity contribution in [2.24, 2.45) is 0 Å². The Kier molecular flexibility index (Phi) is 5.85. The fourth-order valence-corrected chi connectivity index (χ4v) is 3.12. The van der Waals surface area contributed by atoms with Gasteiger partial charge in [-0.05, 0) is 56.5 Å². The molecule has 0 fully saturated rings. The minimum atomic E-state index is -0.246. The summed E-state index contributed by atoms with van der Waals surface area (Å²) in [6.45, 7) is 9.14. The summed E-state index contributed by atoms with van der Waals surface area (Å²) in [7, 11) is 0. The molecule has 1 N–H and O–H groups in total. The quantitative estimate of drug-likeness (QED) is 0.870. The molecule has 0 bridgehead atoms. The number of hydrogen-bond acceptors (Lipinski definition) is 2. The van der Waals surface area contributed by atoms with Gasteiger partial charge < -0.3 is 10.2 Å². The molecule has 0 radical (unpaired) electrons. The lowest BCUT2D eigenvalue weighted by molar-refractivity contribution is -0.120. The molecule has 132 valence electrons. The SMILES string of the molecule is CC(=O)N(CC(=O)Nc1c(C)cc(C)cc1C)c1cccc(Cl)c1C. The molecule has 2 aromatic rings. The molecule has 0 saturated carbocycles. The molecule has 0 atom stereocenters.